The molecule has 0 saturated heterocycles. The number of hydrogen-bond acceptors (Lipinski definition) is 4. The van der Waals surface area contributed by atoms with E-state index in [4.69, 9.17) is 4.74 Å². The highest BCUT2D eigenvalue weighted by atomic mass is 16.5. The van der Waals surface area contributed by atoms with Crippen molar-refractivity contribution in [1.29, 1.82) is 0 Å². The Hall–Kier alpha value is -2.69. The molecular formula is C17H19N3O2. The van der Waals surface area contributed by atoms with E-state index in [0.29, 0.717) is 5.56 Å². The van der Waals surface area contributed by atoms with E-state index in [1.807, 2.05) is 31.2 Å². The predicted molar refractivity (Wildman–Crippen MR) is 86.1 cm³/mol. The van der Waals surface area contributed by atoms with Crippen LogP contribution < -0.4 is 10.2 Å². The number of nitrogens with one attached hydrogen (secondary N) is 1. The average molecular weight is 297 g/mol. The monoisotopic (exact) mass is 297 g/mol. The highest BCUT2D eigenvalue weighted by Crippen LogP contribution is 2.18. The van der Waals surface area contributed by atoms with Gasteiger partial charge < -0.3 is 4.74 Å². The second-order valence-corrected chi connectivity index (χ2v) is 4.81. The summed E-state index contributed by atoms with van der Waals surface area (Å²) in [5, 5.41) is 3.99. The normalized spacial score (nSPS) is 12.1. The molecule has 0 aliphatic heterocycles. The van der Waals surface area contributed by atoms with Gasteiger partial charge in [0.2, 0.25) is 0 Å². The zero-order valence-electron chi connectivity index (χ0n) is 12.7. The van der Waals surface area contributed by atoms with E-state index in [2.05, 4.69) is 22.4 Å². The Morgan fingerprint density at radius 3 is 2.77 bits per heavy atom. The summed E-state index contributed by atoms with van der Waals surface area (Å²) >= 11 is 0. The number of amides is 1. The van der Waals surface area contributed by atoms with Crippen LogP contribution in [0.1, 0.15) is 36.2 Å². The van der Waals surface area contributed by atoms with E-state index in [9.17, 15) is 4.79 Å². The lowest BCUT2D eigenvalue weighted by atomic mass is 10.2. The van der Waals surface area contributed by atoms with Crippen molar-refractivity contribution in [3.8, 4) is 5.75 Å². The first-order chi connectivity index (χ1) is 10.7. The number of rotatable bonds is 6. The third-order valence-electron chi connectivity index (χ3n) is 3.13. The van der Waals surface area contributed by atoms with E-state index in [1.54, 1.807) is 30.7 Å². The molecule has 0 saturated carbocycles. The van der Waals surface area contributed by atoms with E-state index in [-0.39, 0.29) is 12.0 Å². The van der Waals surface area contributed by atoms with Gasteiger partial charge in [-0.05, 0) is 37.6 Å². The molecule has 1 heterocycles. The topological polar surface area (TPSA) is 63.6 Å². The molecule has 1 aromatic heterocycles. The lowest BCUT2D eigenvalue weighted by molar-refractivity contribution is 0.0955. The highest BCUT2D eigenvalue weighted by molar-refractivity contribution is 5.94. The molecule has 0 bridgehead atoms. The molecule has 1 atom stereocenters. The molecule has 0 fully saturated rings. The lowest BCUT2D eigenvalue weighted by Crippen LogP contribution is -2.17. The molecular weight excluding hydrogens is 278 g/mol. The summed E-state index contributed by atoms with van der Waals surface area (Å²) in [5.74, 6) is 0.470. The number of pyridine rings is 1. The minimum Gasteiger partial charge on any atom is -0.490 e. The maximum Gasteiger partial charge on any atom is 0.271 e. The first-order valence-electron chi connectivity index (χ1n) is 7.19. The van der Waals surface area contributed by atoms with Crippen LogP contribution in [0.5, 0.6) is 5.75 Å². The fourth-order valence-corrected chi connectivity index (χ4v) is 1.72. The van der Waals surface area contributed by atoms with Crippen LogP contribution in [0.15, 0.2) is 53.9 Å². The molecule has 114 valence electrons. The van der Waals surface area contributed by atoms with Crippen LogP contribution in [-0.2, 0) is 0 Å². The van der Waals surface area contributed by atoms with Gasteiger partial charge in [0.15, 0.2) is 0 Å². The van der Waals surface area contributed by atoms with Crippen molar-refractivity contribution in [3.63, 3.8) is 0 Å². The van der Waals surface area contributed by atoms with Crippen molar-refractivity contribution < 1.29 is 9.53 Å². The lowest BCUT2D eigenvalue weighted by Gasteiger charge is -2.14. The molecule has 5 heteroatoms. The highest BCUT2D eigenvalue weighted by Gasteiger charge is 2.06. The Morgan fingerprint density at radius 2 is 2.05 bits per heavy atom. The summed E-state index contributed by atoms with van der Waals surface area (Å²) in [6.07, 6.45) is 5.75. The van der Waals surface area contributed by atoms with E-state index < -0.39 is 0 Å². The van der Waals surface area contributed by atoms with Crippen molar-refractivity contribution in [2.45, 2.75) is 26.4 Å². The van der Waals surface area contributed by atoms with Gasteiger partial charge in [0, 0.05) is 23.5 Å². The van der Waals surface area contributed by atoms with E-state index in [0.717, 1.165) is 17.7 Å². The average Bonchev–Trinajstić information content (AvgIpc) is 2.57. The van der Waals surface area contributed by atoms with Gasteiger partial charge >= 0.3 is 0 Å². The largest absolute Gasteiger partial charge is 0.490 e. The first-order valence-corrected chi connectivity index (χ1v) is 7.19. The Morgan fingerprint density at radius 1 is 1.32 bits per heavy atom. The molecule has 0 radical (unpaired) electrons. The van der Waals surface area contributed by atoms with Crippen molar-refractivity contribution in [3.05, 3.63) is 59.9 Å². The molecule has 1 N–H and O–H groups in total. The third kappa shape index (κ3) is 4.41. The maximum atomic E-state index is 11.9. The zero-order valence-corrected chi connectivity index (χ0v) is 12.7. The van der Waals surface area contributed by atoms with Crippen molar-refractivity contribution >= 4 is 12.1 Å². The van der Waals surface area contributed by atoms with Crippen LogP contribution in [0.3, 0.4) is 0 Å². The molecule has 22 heavy (non-hydrogen) atoms. The first kappa shape index (κ1) is 15.7. The van der Waals surface area contributed by atoms with Crippen LogP contribution in [0.25, 0.3) is 0 Å². The number of nitrogens with zero attached hydrogens (tertiary/aromatic N) is 2. The van der Waals surface area contributed by atoms with Crippen molar-refractivity contribution in [1.82, 2.24) is 10.4 Å². The van der Waals surface area contributed by atoms with Gasteiger partial charge in [0.05, 0.1) is 12.3 Å². The number of carbonyl (C=O) groups is 1. The third-order valence-corrected chi connectivity index (χ3v) is 3.13. The Labute approximate surface area is 130 Å². The zero-order chi connectivity index (χ0) is 15.8. The van der Waals surface area contributed by atoms with Gasteiger partial charge in [-0.2, -0.15) is 5.10 Å². The number of benzene rings is 1. The predicted octanol–water partition coefficient (Wildman–Crippen LogP) is 3.02. The summed E-state index contributed by atoms with van der Waals surface area (Å²) in [7, 11) is 0. The smallest absolute Gasteiger partial charge is 0.271 e. The number of hydrogen-bond donors (Lipinski definition) is 1. The van der Waals surface area contributed by atoms with E-state index >= 15 is 0 Å². The Bertz CT molecular complexity index is 641. The molecule has 0 aliphatic carbocycles. The SMILES string of the molecule is CC[C@@H](C)Oc1ccccc1/C=N\NC(=O)c1ccncc1. The number of ether oxygens (including phenoxy) is 1. The van der Waals surface area contributed by atoms with Crippen molar-refractivity contribution in [2.24, 2.45) is 5.10 Å². The summed E-state index contributed by atoms with van der Waals surface area (Å²) in [4.78, 5) is 15.7. The van der Waals surface area contributed by atoms with Gasteiger partial charge in [0.25, 0.3) is 5.91 Å². The second-order valence-electron chi connectivity index (χ2n) is 4.81. The van der Waals surface area contributed by atoms with Crippen molar-refractivity contribution in [2.75, 3.05) is 0 Å². The summed E-state index contributed by atoms with van der Waals surface area (Å²) in [6, 6.07) is 10.8. The number of hydrazone groups is 1. The van der Waals surface area contributed by atoms with Gasteiger partial charge in [-0.3, -0.25) is 9.78 Å². The van der Waals surface area contributed by atoms with Gasteiger partial charge in [-0.25, -0.2) is 5.43 Å². The van der Waals surface area contributed by atoms with Crippen LogP contribution >= 0.6 is 0 Å². The maximum absolute atomic E-state index is 11.9. The van der Waals surface area contributed by atoms with Crippen LogP contribution in [0, 0.1) is 0 Å². The molecule has 1 amide bonds. The second kappa shape index (κ2) is 7.93. The van der Waals surface area contributed by atoms with E-state index in [1.165, 1.54) is 0 Å². The van der Waals surface area contributed by atoms with Crippen LogP contribution in [0.2, 0.25) is 0 Å². The minimum atomic E-state index is -0.279. The summed E-state index contributed by atoms with van der Waals surface area (Å²) in [5.41, 5.74) is 3.82. The molecule has 0 unspecified atom stereocenters. The molecule has 1 aromatic carbocycles. The van der Waals surface area contributed by atoms with Gasteiger partial charge in [0.1, 0.15) is 5.75 Å². The van der Waals surface area contributed by atoms with Gasteiger partial charge in [-0.15, -0.1) is 0 Å². The standard InChI is InChI=1S/C17H19N3O2/c1-3-13(2)22-16-7-5-4-6-15(16)12-19-20-17(21)14-8-10-18-11-9-14/h4-13H,3H2,1-2H3,(H,20,21)/b19-12-/t13-/m1/s1. The molecule has 5 nitrogen and oxygen atoms in total. The molecule has 2 rings (SSSR count). The fourth-order valence-electron chi connectivity index (χ4n) is 1.72. The van der Waals surface area contributed by atoms with Crippen LogP contribution in [0.4, 0.5) is 0 Å². The van der Waals surface area contributed by atoms with Gasteiger partial charge in [-0.1, -0.05) is 19.1 Å². The Balaban J connectivity index is 2.03. The quantitative estimate of drug-likeness (QED) is 0.658. The fraction of sp³-hybridized carbons (Fsp3) is 0.235. The number of para-hydroxylation sites is 1. The molecule has 0 aliphatic rings. The molecule has 0 spiro atoms. The summed E-state index contributed by atoms with van der Waals surface area (Å²) < 4.78 is 5.82. The van der Waals surface area contributed by atoms with Crippen LogP contribution in [-0.4, -0.2) is 23.2 Å². The minimum absolute atomic E-state index is 0.126. The molecule has 2 aromatic rings. The Kier molecular flexibility index (Phi) is 5.65. The summed E-state index contributed by atoms with van der Waals surface area (Å²) in [6.45, 7) is 4.08. The number of carbonyl (C=O) groups excluding carboxylic acids is 1. The number of aromatic nitrogens is 1.